The van der Waals surface area contributed by atoms with Gasteiger partial charge in [-0.3, -0.25) is 0 Å². The molecule has 2 aromatic heterocycles. The van der Waals surface area contributed by atoms with Crippen LogP contribution in [0.3, 0.4) is 0 Å². The normalized spacial score (nSPS) is 23.6. The third-order valence-electron chi connectivity index (χ3n) is 5.02. The van der Waals surface area contributed by atoms with Gasteiger partial charge < -0.3 is 9.80 Å². The zero-order valence-corrected chi connectivity index (χ0v) is 13.5. The van der Waals surface area contributed by atoms with Crippen LogP contribution in [0.5, 0.6) is 0 Å². The number of piperidine rings is 1. The summed E-state index contributed by atoms with van der Waals surface area (Å²) in [5.41, 5.74) is -0.896. The highest BCUT2D eigenvalue weighted by molar-refractivity contribution is 5.44. The summed E-state index contributed by atoms with van der Waals surface area (Å²) in [7, 11) is 0. The molecule has 132 valence electrons. The summed E-state index contributed by atoms with van der Waals surface area (Å²) in [4.78, 5) is 16.3. The number of aromatic nitrogens is 3. The molecule has 2 aromatic rings. The van der Waals surface area contributed by atoms with Crippen molar-refractivity contribution in [2.75, 3.05) is 29.4 Å². The van der Waals surface area contributed by atoms with Crippen molar-refractivity contribution in [1.82, 2.24) is 15.0 Å². The Kier molecular flexibility index (Phi) is 3.97. The highest BCUT2D eigenvalue weighted by Crippen LogP contribution is 2.35. The number of alkyl halides is 3. The van der Waals surface area contributed by atoms with E-state index < -0.39 is 11.9 Å². The van der Waals surface area contributed by atoms with E-state index in [9.17, 15) is 13.2 Å². The second-order valence-electron chi connectivity index (χ2n) is 6.47. The Morgan fingerprint density at radius 3 is 2.60 bits per heavy atom. The molecule has 0 saturated carbocycles. The molecule has 4 rings (SSSR count). The van der Waals surface area contributed by atoms with Crippen molar-refractivity contribution in [3.8, 4) is 0 Å². The Morgan fingerprint density at radius 1 is 1.00 bits per heavy atom. The molecule has 0 radical (unpaired) electrons. The van der Waals surface area contributed by atoms with Gasteiger partial charge in [-0.25, -0.2) is 15.0 Å². The maximum absolute atomic E-state index is 12.9. The van der Waals surface area contributed by atoms with Crippen molar-refractivity contribution in [3.63, 3.8) is 0 Å². The summed E-state index contributed by atoms with van der Waals surface area (Å²) in [6.45, 7) is 2.21. The fourth-order valence-electron chi connectivity index (χ4n) is 3.79. The van der Waals surface area contributed by atoms with Crippen LogP contribution in [0.1, 0.15) is 18.5 Å². The number of halogens is 3. The van der Waals surface area contributed by atoms with E-state index >= 15 is 0 Å². The van der Waals surface area contributed by atoms with Crippen LogP contribution >= 0.6 is 0 Å². The lowest BCUT2D eigenvalue weighted by Gasteiger charge is -2.38. The van der Waals surface area contributed by atoms with Gasteiger partial charge >= 0.3 is 6.18 Å². The summed E-state index contributed by atoms with van der Waals surface area (Å²) in [6, 6.07) is 6.93. The third kappa shape index (κ3) is 3.12. The molecule has 5 nitrogen and oxygen atoms in total. The van der Waals surface area contributed by atoms with Crippen molar-refractivity contribution in [1.29, 1.82) is 0 Å². The number of hydrogen-bond acceptors (Lipinski definition) is 5. The van der Waals surface area contributed by atoms with E-state index in [0.29, 0.717) is 19.0 Å². The molecule has 0 N–H and O–H groups in total. The first-order valence-corrected chi connectivity index (χ1v) is 8.35. The molecule has 2 unspecified atom stereocenters. The van der Waals surface area contributed by atoms with Crippen molar-refractivity contribution in [3.05, 3.63) is 42.4 Å². The molecule has 0 spiro atoms. The Hall–Kier alpha value is -2.38. The molecule has 2 fully saturated rings. The molecule has 0 aromatic carbocycles. The maximum Gasteiger partial charge on any atom is 0.433 e. The summed E-state index contributed by atoms with van der Waals surface area (Å²) < 4.78 is 38.7. The molecule has 25 heavy (non-hydrogen) atoms. The van der Waals surface area contributed by atoms with Gasteiger partial charge in [0.2, 0.25) is 5.95 Å². The van der Waals surface area contributed by atoms with Crippen molar-refractivity contribution >= 4 is 11.8 Å². The van der Waals surface area contributed by atoms with E-state index in [1.807, 2.05) is 23.1 Å². The van der Waals surface area contributed by atoms with E-state index in [4.69, 9.17) is 0 Å². The summed E-state index contributed by atoms with van der Waals surface area (Å²) in [5, 5.41) is 0. The third-order valence-corrected chi connectivity index (χ3v) is 5.02. The van der Waals surface area contributed by atoms with E-state index in [2.05, 4.69) is 19.9 Å². The Morgan fingerprint density at radius 2 is 1.84 bits per heavy atom. The summed E-state index contributed by atoms with van der Waals surface area (Å²) in [6.07, 6.45) is 0.497. The summed E-state index contributed by atoms with van der Waals surface area (Å²) >= 11 is 0. The minimum Gasteiger partial charge on any atom is -0.352 e. The molecule has 0 bridgehead atoms. The molecule has 2 aliphatic rings. The van der Waals surface area contributed by atoms with Gasteiger partial charge in [0.15, 0.2) is 0 Å². The van der Waals surface area contributed by atoms with E-state index in [0.717, 1.165) is 31.3 Å². The number of fused-ring (bicyclic) bond motifs is 1. The lowest BCUT2D eigenvalue weighted by molar-refractivity contribution is -0.141. The van der Waals surface area contributed by atoms with Crippen LogP contribution in [0, 0.1) is 5.92 Å². The monoisotopic (exact) mass is 349 g/mol. The van der Waals surface area contributed by atoms with Gasteiger partial charge in [-0.15, -0.1) is 0 Å². The second kappa shape index (κ2) is 6.16. The van der Waals surface area contributed by atoms with Crippen molar-refractivity contribution in [2.24, 2.45) is 5.92 Å². The van der Waals surface area contributed by atoms with Gasteiger partial charge in [0.05, 0.1) is 6.04 Å². The molecule has 0 aliphatic carbocycles. The van der Waals surface area contributed by atoms with E-state index in [-0.39, 0.29) is 12.0 Å². The van der Waals surface area contributed by atoms with Crippen LogP contribution in [0.2, 0.25) is 0 Å². The van der Waals surface area contributed by atoms with Gasteiger partial charge in [0, 0.05) is 32.0 Å². The fourth-order valence-corrected chi connectivity index (χ4v) is 3.79. The van der Waals surface area contributed by atoms with Crippen molar-refractivity contribution in [2.45, 2.75) is 25.1 Å². The molecular formula is C17H18F3N5. The number of hydrogen-bond donors (Lipinski definition) is 0. The summed E-state index contributed by atoms with van der Waals surface area (Å²) in [5.74, 6) is 1.60. The first-order chi connectivity index (χ1) is 12.0. The van der Waals surface area contributed by atoms with Crippen LogP contribution in [0.4, 0.5) is 24.9 Å². The largest absolute Gasteiger partial charge is 0.433 e. The first-order valence-electron chi connectivity index (χ1n) is 8.35. The maximum atomic E-state index is 12.9. The predicted molar refractivity (Wildman–Crippen MR) is 87.3 cm³/mol. The minimum absolute atomic E-state index is 0.154. The SMILES string of the molecule is FC(F)(F)c1ccnc(N2CCC3CCN(c4ccccn4)C3C2)n1. The molecule has 4 heterocycles. The lowest BCUT2D eigenvalue weighted by atomic mass is 9.92. The van der Waals surface area contributed by atoms with Gasteiger partial charge in [0.25, 0.3) is 0 Å². The van der Waals surface area contributed by atoms with Crippen molar-refractivity contribution < 1.29 is 13.2 Å². The van der Waals surface area contributed by atoms with Gasteiger partial charge in [-0.05, 0) is 37.0 Å². The minimum atomic E-state index is -4.45. The fraction of sp³-hybridized carbons (Fsp3) is 0.471. The number of nitrogens with zero attached hydrogens (tertiary/aromatic N) is 5. The topological polar surface area (TPSA) is 45.2 Å². The number of anilines is 2. The standard InChI is InChI=1S/C17H18F3N5/c18-17(19,20)14-4-8-22-16(23-14)24-9-5-12-6-10-25(13(12)11-24)15-3-1-2-7-21-15/h1-4,7-8,12-13H,5-6,9-11H2. The molecule has 2 aliphatic heterocycles. The molecule has 2 saturated heterocycles. The zero-order chi connectivity index (χ0) is 17.4. The van der Waals surface area contributed by atoms with Crippen LogP contribution in [-0.4, -0.2) is 40.6 Å². The Labute approximate surface area is 143 Å². The highest BCUT2D eigenvalue weighted by Gasteiger charge is 2.40. The smallest absolute Gasteiger partial charge is 0.352 e. The second-order valence-corrected chi connectivity index (χ2v) is 6.47. The molecular weight excluding hydrogens is 331 g/mol. The van der Waals surface area contributed by atoms with Gasteiger partial charge in [0.1, 0.15) is 11.5 Å². The quantitative estimate of drug-likeness (QED) is 0.834. The average molecular weight is 349 g/mol. The van der Waals surface area contributed by atoms with Gasteiger partial charge in [-0.1, -0.05) is 6.07 Å². The number of rotatable bonds is 2. The van der Waals surface area contributed by atoms with Crippen LogP contribution in [0.15, 0.2) is 36.7 Å². The van der Waals surface area contributed by atoms with Crippen LogP contribution in [-0.2, 0) is 6.18 Å². The number of pyridine rings is 1. The zero-order valence-electron chi connectivity index (χ0n) is 13.5. The van der Waals surface area contributed by atoms with E-state index in [1.54, 1.807) is 6.20 Å². The van der Waals surface area contributed by atoms with Crippen LogP contribution < -0.4 is 9.80 Å². The molecule has 8 heteroatoms. The van der Waals surface area contributed by atoms with E-state index in [1.165, 1.54) is 6.20 Å². The first kappa shape index (κ1) is 16.1. The highest BCUT2D eigenvalue weighted by atomic mass is 19.4. The average Bonchev–Trinajstić information content (AvgIpc) is 3.05. The predicted octanol–water partition coefficient (Wildman–Crippen LogP) is 3.00. The lowest BCUT2D eigenvalue weighted by Crippen LogP contribution is -2.49. The molecule has 0 amide bonds. The van der Waals surface area contributed by atoms with Crippen LogP contribution in [0.25, 0.3) is 0 Å². The Bertz CT molecular complexity index is 737. The Balaban J connectivity index is 1.56. The molecule has 2 atom stereocenters. The van der Waals surface area contributed by atoms with Gasteiger partial charge in [-0.2, -0.15) is 13.2 Å².